The minimum atomic E-state index is 0.0976. The molecule has 0 aliphatic carbocycles. The van der Waals surface area contributed by atoms with Gasteiger partial charge >= 0.3 is 0 Å². The summed E-state index contributed by atoms with van der Waals surface area (Å²) in [5.74, 6) is 1.05. The van der Waals surface area contributed by atoms with E-state index < -0.39 is 0 Å². The average Bonchev–Trinajstić information content (AvgIpc) is 2.44. The van der Waals surface area contributed by atoms with Gasteiger partial charge in [0.1, 0.15) is 0 Å². The van der Waals surface area contributed by atoms with Crippen molar-refractivity contribution in [2.45, 2.75) is 31.9 Å². The molecule has 0 aromatic heterocycles. The van der Waals surface area contributed by atoms with Crippen molar-refractivity contribution in [3.05, 3.63) is 46.9 Å². The Hall–Kier alpha value is -1.26. The lowest BCUT2D eigenvalue weighted by Gasteiger charge is -2.06. The van der Waals surface area contributed by atoms with E-state index in [2.05, 4.69) is 36.2 Å². The molecule has 110 valence electrons. The fourth-order valence-corrected chi connectivity index (χ4v) is 2.29. The second kappa shape index (κ2) is 9.61. The first-order valence-corrected chi connectivity index (χ1v) is 7.93. The quantitative estimate of drug-likeness (QED) is 0.688. The van der Waals surface area contributed by atoms with Crippen LogP contribution in [0.5, 0.6) is 0 Å². The van der Waals surface area contributed by atoms with Crippen LogP contribution in [0.25, 0.3) is 0 Å². The molecule has 1 amide bonds. The highest BCUT2D eigenvalue weighted by Crippen LogP contribution is 2.19. The summed E-state index contributed by atoms with van der Waals surface area (Å²) in [6.07, 6.45) is 2.15. The number of thioether (sulfide) groups is 1. The first-order valence-electron chi connectivity index (χ1n) is 6.94. The van der Waals surface area contributed by atoms with Crippen LogP contribution in [0.15, 0.2) is 35.7 Å². The predicted molar refractivity (Wildman–Crippen MR) is 87.6 cm³/mol. The maximum Gasteiger partial charge on any atom is 0.220 e. The Morgan fingerprint density at radius 1 is 1.30 bits per heavy atom. The molecule has 1 rings (SSSR count). The largest absolute Gasteiger partial charge is 0.356 e. The number of amides is 1. The molecule has 0 spiro atoms. The maximum absolute atomic E-state index is 11.6. The summed E-state index contributed by atoms with van der Waals surface area (Å²) < 4.78 is 0. The lowest BCUT2D eigenvalue weighted by Crippen LogP contribution is -2.26. The summed E-state index contributed by atoms with van der Waals surface area (Å²) in [7, 11) is 0. The number of allylic oxidation sites excluding steroid dienone is 1. The second-order valence-corrected chi connectivity index (χ2v) is 6.07. The van der Waals surface area contributed by atoms with E-state index >= 15 is 0 Å². The van der Waals surface area contributed by atoms with Gasteiger partial charge in [-0.05, 0) is 42.3 Å². The van der Waals surface area contributed by atoms with Crippen LogP contribution >= 0.6 is 11.8 Å². The molecule has 1 aromatic rings. The van der Waals surface area contributed by atoms with Crippen LogP contribution in [0.1, 0.15) is 30.9 Å². The maximum atomic E-state index is 11.6. The van der Waals surface area contributed by atoms with Crippen LogP contribution in [0, 0.1) is 0 Å². The zero-order chi connectivity index (χ0) is 14.8. The van der Waals surface area contributed by atoms with E-state index in [-0.39, 0.29) is 5.91 Å². The van der Waals surface area contributed by atoms with E-state index in [4.69, 9.17) is 5.73 Å². The standard InChI is InChI=1S/C16H24N2OS/c1-13(2)20-12-15-6-4-14(5-7-15)8-9-16(19)18-11-3-10-17/h4-7H,1,3,8-12,17H2,2H3,(H,18,19). The molecule has 4 heteroatoms. The number of nitrogens with two attached hydrogens (primary N) is 1. The highest BCUT2D eigenvalue weighted by molar-refractivity contribution is 8.02. The Morgan fingerprint density at radius 3 is 2.55 bits per heavy atom. The van der Waals surface area contributed by atoms with Crippen molar-refractivity contribution in [3.8, 4) is 0 Å². The van der Waals surface area contributed by atoms with E-state index in [1.807, 2.05) is 6.92 Å². The molecule has 0 saturated heterocycles. The van der Waals surface area contributed by atoms with Gasteiger partial charge in [0.2, 0.25) is 5.91 Å². The molecule has 0 saturated carbocycles. The van der Waals surface area contributed by atoms with Gasteiger partial charge in [-0.2, -0.15) is 0 Å². The van der Waals surface area contributed by atoms with Crippen molar-refractivity contribution < 1.29 is 4.79 Å². The third kappa shape index (κ3) is 7.36. The molecule has 3 nitrogen and oxygen atoms in total. The Balaban J connectivity index is 2.30. The van der Waals surface area contributed by atoms with Crippen LogP contribution in [-0.2, 0) is 17.0 Å². The third-order valence-corrected chi connectivity index (χ3v) is 3.82. The van der Waals surface area contributed by atoms with Gasteiger partial charge in [-0.3, -0.25) is 4.79 Å². The van der Waals surface area contributed by atoms with E-state index in [1.165, 1.54) is 11.1 Å². The number of aryl methyl sites for hydroxylation is 1. The molecule has 20 heavy (non-hydrogen) atoms. The van der Waals surface area contributed by atoms with E-state index in [9.17, 15) is 4.79 Å². The minimum absolute atomic E-state index is 0.0976. The number of rotatable bonds is 9. The van der Waals surface area contributed by atoms with Gasteiger partial charge in [-0.15, -0.1) is 11.8 Å². The summed E-state index contributed by atoms with van der Waals surface area (Å²) in [6, 6.07) is 8.44. The highest BCUT2D eigenvalue weighted by atomic mass is 32.2. The van der Waals surface area contributed by atoms with Gasteiger partial charge in [-0.1, -0.05) is 30.8 Å². The lowest BCUT2D eigenvalue weighted by molar-refractivity contribution is -0.121. The van der Waals surface area contributed by atoms with Gasteiger partial charge in [-0.25, -0.2) is 0 Å². The van der Waals surface area contributed by atoms with Crippen LogP contribution in [0.3, 0.4) is 0 Å². The normalized spacial score (nSPS) is 10.3. The number of hydrogen-bond donors (Lipinski definition) is 2. The smallest absolute Gasteiger partial charge is 0.220 e. The Bertz CT molecular complexity index is 429. The summed E-state index contributed by atoms with van der Waals surface area (Å²) in [5, 5.41) is 2.87. The highest BCUT2D eigenvalue weighted by Gasteiger charge is 2.02. The van der Waals surface area contributed by atoms with Gasteiger partial charge in [0.05, 0.1) is 0 Å². The molecule has 0 bridgehead atoms. The van der Waals surface area contributed by atoms with Crippen molar-refractivity contribution in [3.63, 3.8) is 0 Å². The van der Waals surface area contributed by atoms with Crippen molar-refractivity contribution >= 4 is 17.7 Å². The number of benzene rings is 1. The third-order valence-electron chi connectivity index (χ3n) is 2.85. The van der Waals surface area contributed by atoms with E-state index in [0.29, 0.717) is 19.5 Å². The Labute approximate surface area is 126 Å². The van der Waals surface area contributed by atoms with Gasteiger partial charge in [0, 0.05) is 18.7 Å². The molecule has 0 heterocycles. The molecular formula is C16H24N2OS. The van der Waals surface area contributed by atoms with Gasteiger partial charge < -0.3 is 11.1 Å². The van der Waals surface area contributed by atoms with Crippen molar-refractivity contribution in [2.24, 2.45) is 5.73 Å². The van der Waals surface area contributed by atoms with Gasteiger partial charge in [0.15, 0.2) is 0 Å². The SMILES string of the molecule is C=C(C)SCc1ccc(CCC(=O)NCCCN)cc1. The van der Waals surface area contributed by atoms with Crippen molar-refractivity contribution in [2.75, 3.05) is 13.1 Å². The molecule has 0 radical (unpaired) electrons. The summed E-state index contributed by atoms with van der Waals surface area (Å²) in [5.41, 5.74) is 7.86. The minimum Gasteiger partial charge on any atom is -0.356 e. The molecule has 0 aliphatic heterocycles. The predicted octanol–water partition coefficient (Wildman–Crippen LogP) is 2.85. The number of carbonyl (C=O) groups excluding carboxylic acids is 1. The molecule has 3 N–H and O–H groups in total. The topological polar surface area (TPSA) is 55.1 Å². The number of carbonyl (C=O) groups is 1. The molecule has 0 fully saturated rings. The lowest BCUT2D eigenvalue weighted by atomic mass is 10.1. The zero-order valence-electron chi connectivity index (χ0n) is 12.2. The molecule has 0 unspecified atom stereocenters. The van der Waals surface area contributed by atoms with E-state index in [1.54, 1.807) is 11.8 Å². The molecule has 0 atom stereocenters. The van der Waals surface area contributed by atoms with Crippen molar-refractivity contribution in [1.29, 1.82) is 0 Å². The second-order valence-electron chi connectivity index (χ2n) is 4.80. The summed E-state index contributed by atoms with van der Waals surface area (Å²) in [4.78, 5) is 12.7. The summed E-state index contributed by atoms with van der Waals surface area (Å²) >= 11 is 1.75. The number of hydrogen-bond acceptors (Lipinski definition) is 3. The monoisotopic (exact) mass is 292 g/mol. The average molecular weight is 292 g/mol. The zero-order valence-corrected chi connectivity index (χ0v) is 13.0. The molecule has 0 aliphatic rings. The Kier molecular flexibility index (Phi) is 8.07. The fraction of sp³-hybridized carbons (Fsp3) is 0.438. The van der Waals surface area contributed by atoms with Crippen molar-refractivity contribution in [1.82, 2.24) is 5.32 Å². The van der Waals surface area contributed by atoms with Gasteiger partial charge in [0.25, 0.3) is 0 Å². The fourth-order valence-electron chi connectivity index (χ4n) is 1.68. The van der Waals surface area contributed by atoms with Crippen LogP contribution in [0.2, 0.25) is 0 Å². The number of nitrogens with one attached hydrogen (secondary N) is 1. The molecule has 1 aromatic carbocycles. The van der Waals surface area contributed by atoms with Crippen LogP contribution in [-0.4, -0.2) is 19.0 Å². The van der Waals surface area contributed by atoms with E-state index in [0.717, 1.165) is 23.5 Å². The first kappa shape index (κ1) is 16.8. The first-order chi connectivity index (χ1) is 9.61. The molecular weight excluding hydrogens is 268 g/mol. The summed E-state index contributed by atoms with van der Waals surface area (Å²) in [6.45, 7) is 7.18. The van der Waals surface area contributed by atoms with Crippen LogP contribution < -0.4 is 11.1 Å². The Morgan fingerprint density at radius 2 is 1.95 bits per heavy atom. The van der Waals surface area contributed by atoms with Crippen LogP contribution in [0.4, 0.5) is 0 Å².